The van der Waals surface area contributed by atoms with Crippen LogP contribution in [-0.2, 0) is 16.9 Å². The van der Waals surface area contributed by atoms with Gasteiger partial charge in [-0.05, 0) is 23.5 Å². The molecule has 5 atom stereocenters. The summed E-state index contributed by atoms with van der Waals surface area (Å²) in [5.74, 6) is 0.323. The standard InChI is InChI=1S/C22H29N5O4/c1-12(2)8-14-4-6-15(7-5-14)13(3)22(19(30)18(29)16(9-28)31-22)27-11-26-17-20(23)24-10-25-21(17)27/h4-7,10-13,16,18-19,28-30H,8-9H2,1-3H3,(H2,23,24,25)/t13?,16-,18-,19-,22-/m1/s1. The summed E-state index contributed by atoms with van der Waals surface area (Å²) in [6, 6.07) is 8.13. The largest absolute Gasteiger partial charge is 0.394 e. The average molecular weight is 428 g/mol. The van der Waals surface area contributed by atoms with Gasteiger partial charge in [-0.25, -0.2) is 15.0 Å². The van der Waals surface area contributed by atoms with E-state index in [1.165, 1.54) is 18.2 Å². The first-order valence-electron chi connectivity index (χ1n) is 10.5. The lowest BCUT2D eigenvalue weighted by Gasteiger charge is -2.39. The van der Waals surface area contributed by atoms with Crippen molar-refractivity contribution in [3.63, 3.8) is 0 Å². The third-order valence-electron chi connectivity index (χ3n) is 6.13. The summed E-state index contributed by atoms with van der Waals surface area (Å²) in [6.07, 6.45) is 0.167. The Labute approximate surface area is 180 Å². The first kappa shape index (κ1) is 21.6. The van der Waals surface area contributed by atoms with Gasteiger partial charge in [0.05, 0.1) is 12.9 Å². The quantitative estimate of drug-likeness (QED) is 0.460. The number of rotatable bonds is 6. The van der Waals surface area contributed by atoms with Gasteiger partial charge in [-0.1, -0.05) is 45.0 Å². The predicted molar refractivity (Wildman–Crippen MR) is 115 cm³/mol. The number of ether oxygens (including phenoxy) is 1. The summed E-state index contributed by atoms with van der Waals surface area (Å²) < 4.78 is 7.79. The Balaban J connectivity index is 1.84. The highest BCUT2D eigenvalue weighted by molar-refractivity contribution is 5.81. The van der Waals surface area contributed by atoms with Crippen molar-refractivity contribution in [1.82, 2.24) is 19.5 Å². The molecule has 1 unspecified atom stereocenters. The SMILES string of the molecule is CC(C)Cc1ccc(C(C)[C@@]2(n3cnc4c(N)ncnc43)O[C@H](CO)[C@@H](O)[C@H]2O)cc1. The molecule has 2 aromatic heterocycles. The van der Waals surface area contributed by atoms with E-state index in [0.717, 1.165) is 12.0 Å². The van der Waals surface area contributed by atoms with Crippen LogP contribution in [0.4, 0.5) is 5.82 Å². The fraction of sp³-hybridized carbons (Fsp3) is 0.500. The van der Waals surface area contributed by atoms with Crippen molar-refractivity contribution in [3.8, 4) is 0 Å². The van der Waals surface area contributed by atoms with Crippen LogP contribution in [0.1, 0.15) is 37.8 Å². The summed E-state index contributed by atoms with van der Waals surface area (Å²) in [7, 11) is 0. The third-order valence-corrected chi connectivity index (χ3v) is 6.13. The molecule has 1 aliphatic heterocycles. The molecule has 1 aliphatic rings. The van der Waals surface area contributed by atoms with Crippen molar-refractivity contribution in [3.05, 3.63) is 48.0 Å². The maximum absolute atomic E-state index is 11.2. The number of nitrogens with zero attached hydrogens (tertiary/aromatic N) is 4. The van der Waals surface area contributed by atoms with Crippen molar-refractivity contribution < 1.29 is 20.1 Å². The van der Waals surface area contributed by atoms with Crippen LogP contribution in [-0.4, -0.2) is 59.8 Å². The van der Waals surface area contributed by atoms with Gasteiger partial charge in [0.2, 0.25) is 0 Å². The van der Waals surface area contributed by atoms with Crippen LogP contribution in [0, 0.1) is 5.92 Å². The van der Waals surface area contributed by atoms with Crippen molar-refractivity contribution >= 4 is 17.0 Å². The molecule has 31 heavy (non-hydrogen) atoms. The van der Waals surface area contributed by atoms with Gasteiger partial charge in [-0.15, -0.1) is 0 Å². The molecule has 1 fully saturated rings. The highest BCUT2D eigenvalue weighted by Gasteiger charge is 2.59. The van der Waals surface area contributed by atoms with Crippen molar-refractivity contribution in [2.45, 2.75) is 57.1 Å². The van der Waals surface area contributed by atoms with Crippen molar-refractivity contribution in [1.29, 1.82) is 0 Å². The fourth-order valence-corrected chi connectivity index (χ4v) is 4.50. The van der Waals surface area contributed by atoms with Crippen LogP contribution in [0.2, 0.25) is 0 Å². The van der Waals surface area contributed by atoms with E-state index in [1.807, 2.05) is 19.1 Å². The monoisotopic (exact) mass is 427 g/mol. The van der Waals surface area contributed by atoms with Crippen LogP contribution in [0.5, 0.6) is 0 Å². The Bertz CT molecular complexity index is 1050. The third kappa shape index (κ3) is 3.47. The second-order valence-corrected chi connectivity index (χ2v) is 8.63. The molecular weight excluding hydrogens is 398 g/mol. The van der Waals surface area contributed by atoms with E-state index in [1.54, 1.807) is 4.57 Å². The maximum Gasteiger partial charge on any atom is 0.183 e. The lowest BCUT2D eigenvalue weighted by atomic mass is 9.84. The van der Waals surface area contributed by atoms with E-state index in [2.05, 4.69) is 40.9 Å². The second-order valence-electron chi connectivity index (χ2n) is 8.63. The second kappa shape index (κ2) is 8.16. The Hall–Kier alpha value is -2.59. The van der Waals surface area contributed by atoms with Crippen LogP contribution < -0.4 is 5.73 Å². The van der Waals surface area contributed by atoms with Gasteiger partial charge in [0.25, 0.3) is 0 Å². The zero-order chi connectivity index (χ0) is 22.3. The number of nitrogen functional groups attached to an aromatic ring is 1. The van der Waals surface area contributed by atoms with E-state index in [9.17, 15) is 15.3 Å². The first-order valence-corrected chi connectivity index (χ1v) is 10.5. The van der Waals surface area contributed by atoms with Crippen molar-refractivity contribution in [2.24, 2.45) is 5.92 Å². The number of aromatic nitrogens is 4. The Kier molecular flexibility index (Phi) is 5.69. The topological polar surface area (TPSA) is 140 Å². The number of anilines is 1. The number of fused-ring (bicyclic) bond motifs is 1. The molecule has 0 bridgehead atoms. The molecular formula is C22H29N5O4. The van der Waals surface area contributed by atoms with Gasteiger partial charge in [0.15, 0.2) is 17.2 Å². The van der Waals surface area contributed by atoms with Gasteiger partial charge in [-0.3, -0.25) is 4.57 Å². The molecule has 1 aromatic carbocycles. The number of aliphatic hydroxyl groups is 3. The summed E-state index contributed by atoms with van der Waals surface area (Å²) in [5, 5.41) is 31.6. The number of nitrogens with two attached hydrogens (primary N) is 1. The zero-order valence-corrected chi connectivity index (χ0v) is 17.9. The molecule has 166 valence electrons. The van der Waals surface area contributed by atoms with Gasteiger partial charge in [0.1, 0.15) is 30.2 Å². The first-order chi connectivity index (χ1) is 14.8. The van der Waals surface area contributed by atoms with Gasteiger partial charge in [0, 0.05) is 5.92 Å². The smallest absolute Gasteiger partial charge is 0.183 e. The van der Waals surface area contributed by atoms with Gasteiger partial charge >= 0.3 is 0 Å². The molecule has 4 rings (SSSR count). The van der Waals surface area contributed by atoms with E-state index in [4.69, 9.17) is 10.5 Å². The number of hydrogen-bond donors (Lipinski definition) is 4. The van der Waals surface area contributed by atoms with E-state index >= 15 is 0 Å². The Morgan fingerprint density at radius 3 is 2.45 bits per heavy atom. The Morgan fingerprint density at radius 2 is 1.84 bits per heavy atom. The molecule has 9 heteroatoms. The summed E-state index contributed by atoms with van der Waals surface area (Å²) in [5.41, 5.74) is 7.37. The minimum Gasteiger partial charge on any atom is -0.394 e. The maximum atomic E-state index is 11.2. The normalized spacial score (nSPS) is 27.3. The lowest BCUT2D eigenvalue weighted by Crippen LogP contribution is -2.49. The molecule has 3 heterocycles. The minimum atomic E-state index is -1.46. The summed E-state index contributed by atoms with van der Waals surface area (Å²) >= 11 is 0. The highest BCUT2D eigenvalue weighted by Crippen LogP contribution is 2.47. The minimum absolute atomic E-state index is 0.205. The number of imidazole rings is 1. The van der Waals surface area contributed by atoms with Crippen LogP contribution in [0.15, 0.2) is 36.9 Å². The predicted octanol–water partition coefficient (Wildman–Crippen LogP) is 1.18. The van der Waals surface area contributed by atoms with E-state index < -0.39 is 36.6 Å². The summed E-state index contributed by atoms with van der Waals surface area (Å²) in [4.78, 5) is 12.6. The van der Waals surface area contributed by atoms with E-state index in [-0.39, 0.29) is 5.82 Å². The molecule has 3 aromatic rings. The molecule has 5 N–H and O–H groups in total. The molecule has 0 aliphatic carbocycles. The van der Waals surface area contributed by atoms with Crippen LogP contribution >= 0.6 is 0 Å². The van der Waals surface area contributed by atoms with Crippen molar-refractivity contribution in [2.75, 3.05) is 12.3 Å². The number of benzene rings is 1. The van der Waals surface area contributed by atoms with Gasteiger partial charge in [-0.2, -0.15) is 0 Å². The van der Waals surface area contributed by atoms with Gasteiger partial charge < -0.3 is 25.8 Å². The summed E-state index contributed by atoms with van der Waals surface area (Å²) in [6.45, 7) is 5.80. The lowest BCUT2D eigenvalue weighted by molar-refractivity contribution is -0.159. The molecule has 0 spiro atoms. The Morgan fingerprint density at radius 1 is 1.13 bits per heavy atom. The highest BCUT2D eigenvalue weighted by atomic mass is 16.6. The molecule has 9 nitrogen and oxygen atoms in total. The van der Waals surface area contributed by atoms with E-state index in [0.29, 0.717) is 17.1 Å². The molecule has 1 saturated heterocycles. The van der Waals surface area contributed by atoms with Crippen LogP contribution in [0.3, 0.4) is 0 Å². The zero-order valence-electron chi connectivity index (χ0n) is 17.9. The average Bonchev–Trinajstić information content (AvgIpc) is 3.29. The number of hydrogen-bond acceptors (Lipinski definition) is 8. The fourth-order valence-electron chi connectivity index (χ4n) is 4.50. The van der Waals surface area contributed by atoms with Crippen LogP contribution in [0.25, 0.3) is 11.2 Å². The molecule has 0 amide bonds. The number of aliphatic hydroxyl groups excluding tert-OH is 3. The molecule has 0 radical (unpaired) electrons. The molecule has 0 saturated carbocycles.